The number of rotatable bonds is 4. The van der Waals surface area contributed by atoms with Crippen molar-refractivity contribution in [1.82, 2.24) is 10.9 Å². The van der Waals surface area contributed by atoms with E-state index in [2.05, 4.69) is 26.8 Å². The Hall–Kier alpha value is -2.85. The second kappa shape index (κ2) is 8.13. The first-order valence-electron chi connectivity index (χ1n) is 7.02. The minimum Gasteiger partial charge on any atom is -0.481 e. The standard InChI is InChI=1S/C17H14BrN3O3/c1-11(24-15-8-2-12(10-19)3-9-15)16(22)20-21-17(23)13-4-6-14(18)7-5-13/h2-9,11H,1H3,(H,20,22)(H,21,23). The Morgan fingerprint density at radius 1 is 1.08 bits per heavy atom. The Morgan fingerprint density at radius 2 is 1.71 bits per heavy atom. The summed E-state index contributed by atoms with van der Waals surface area (Å²) < 4.78 is 6.30. The molecule has 2 amide bonds. The molecule has 2 rings (SSSR count). The highest BCUT2D eigenvalue weighted by Crippen LogP contribution is 2.13. The molecule has 0 aliphatic carbocycles. The molecule has 1 atom stereocenters. The van der Waals surface area contributed by atoms with E-state index >= 15 is 0 Å². The number of carbonyl (C=O) groups excluding carboxylic acids is 2. The zero-order chi connectivity index (χ0) is 17.5. The van der Waals surface area contributed by atoms with Crippen molar-refractivity contribution >= 4 is 27.7 Å². The summed E-state index contributed by atoms with van der Waals surface area (Å²) in [6.45, 7) is 1.55. The van der Waals surface area contributed by atoms with Crippen molar-refractivity contribution in [2.24, 2.45) is 0 Å². The second-order valence-corrected chi connectivity index (χ2v) is 5.76. The maximum atomic E-state index is 11.9. The molecule has 6 nitrogen and oxygen atoms in total. The molecular weight excluding hydrogens is 374 g/mol. The third-order valence-electron chi connectivity index (χ3n) is 3.07. The van der Waals surface area contributed by atoms with Crippen LogP contribution in [0.25, 0.3) is 0 Å². The maximum Gasteiger partial charge on any atom is 0.279 e. The third-order valence-corrected chi connectivity index (χ3v) is 3.60. The van der Waals surface area contributed by atoms with E-state index in [1.807, 2.05) is 6.07 Å². The van der Waals surface area contributed by atoms with Gasteiger partial charge in [0.25, 0.3) is 11.8 Å². The van der Waals surface area contributed by atoms with Crippen molar-refractivity contribution in [3.8, 4) is 11.8 Å². The van der Waals surface area contributed by atoms with Crippen molar-refractivity contribution in [1.29, 1.82) is 5.26 Å². The molecule has 7 heteroatoms. The molecule has 24 heavy (non-hydrogen) atoms. The van der Waals surface area contributed by atoms with E-state index in [-0.39, 0.29) is 0 Å². The van der Waals surface area contributed by atoms with Crippen molar-refractivity contribution < 1.29 is 14.3 Å². The first-order chi connectivity index (χ1) is 11.5. The van der Waals surface area contributed by atoms with E-state index < -0.39 is 17.9 Å². The molecule has 2 aromatic rings. The van der Waals surface area contributed by atoms with Crippen LogP contribution in [0.1, 0.15) is 22.8 Å². The lowest BCUT2D eigenvalue weighted by molar-refractivity contribution is -0.128. The van der Waals surface area contributed by atoms with Gasteiger partial charge in [-0.15, -0.1) is 0 Å². The number of nitrogens with one attached hydrogen (secondary N) is 2. The van der Waals surface area contributed by atoms with Crippen LogP contribution < -0.4 is 15.6 Å². The zero-order valence-electron chi connectivity index (χ0n) is 12.7. The number of hydrogen-bond acceptors (Lipinski definition) is 4. The largest absolute Gasteiger partial charge is 0.481 e. The molecule has 2 N–H and O–H groups in total. The molecule has 0 heterocycles. The number of carbonyl (C=O) groups is 2. The fourth-order valence-electron chi connectivity index (χ4n) is 1.76. The lowest BCUT2D eigenvalue weighted by atomic mass is 10.2. The summed E-state index contributed by atoms with van der Waals surface area (Å²) in [5.74, 6) is -0.470. The fraction of sp³-hybridized carbons (Fsp3) is 0.118. The van der Waals surface area contributed by atoms with Gasteiger partial charge in [0.15, 0.2) is 6.10 Å². The lowest BCUT2D eigenvalue weighted by Gasteiger charge is -2.15. The molecule has 0 bridgehead atoms. The molecular formula is C17H14BrN3O3. The van der Waals surface area contributed by atoms with E-state index in [1.165, 1.54) is 0 Å². The van der Waals surface area contributed by atoms with Crippen LogP contribution in [-0.2, 0) is 4.79 Å². The van der Waals surface area contributed by atoms with E-state index in [1.54, 1.807) is 55.5 Å². The number of halogens is 1. The van der Waals surface area contributed by atoms with E-state index in [0.717, 1.165) is 4.47 Å². The molecule has 0 aromatic heterocycles. The summed E-state index contributed by atoms with van der Waals surface area (Å²) in [5.41, 5.74) is 5.55. The third kappa shape index (κ3) is 4.83. The van der Waals surface area contributed by atoms with Crippen LogP contribution in [0, 0.1) is 11.3 Å². The quantitative estimate of drug-likeness (QED) is 0.788. The normalized spacial score (nSPS) is 11.0. The number of ether oxygens (including phenoxy) is 1. The van der Waals surface area contributed by atoms with Gasteiger partial charge < -0.3 is 4.74 Å². The molecule has 0 saturated heterocycles. The highest BCUT2D eigenvalue weighted by Gasteiger charge is 2.15. The summed E-state index contributed by atoms with van der Waals surface area (Å²) in [4.78, 5) is 23.8. The fourth-order valence-corrected chi connectivity index (χ4v) is 2.02. The van der Waals surface area contributed by atoms with Gasteiger partial charge in [0.1, 0.15) is 5.75 Å². The average molecular weight is 388 g/mol. The van der Waals surface area contributed by atoms with Gasteiger partial charge in [-0.3, -0.25) is 20.4 Å². The minimum absolute atomic E-state index is 0.416. The molecule has 122 valence electrons. The van der Waals surface area contributed by atoms with Gasteiger partial charge in [-0.2, -0.15) is 5.26 Å². The van der Waals surface area contributed by atoms with Gasteiger partial charge >= 0.3 is 0 Å². The van der Waals surface area contributed by atoms with Crippen molar-refractivity contribution in [2.75, 3.05) is 0 Å². The molecule has 2 aromatic carbocycles. The number of hydrogen-bond donors (Lipinski definition) is 2. The van der Waals surface area contributed by atoms with E-state index in [0.29, 0.717) is 16.9 Å². The second-order valence-electron chi connectivity index (χ2n) is 4.85. The highest BCUT2D eigenvalue weighted by molar-refractivity contribution is 9.10. The number of hydrazine groups is 1. The van der Waals surface area contributed by atoms with Gasteiger partial charge in [0.05, 0.1) is 11.6 Å². The van der Waals surface area contributed by atoms with Gasteiger partial charge in [-0.1, -0.05) is 15.9 Å². The summed E-state index contributed by atoms with van der Waals surface area (Å²) in [5, 5.41) is 8.73. The SMILES string of the molecule is CC(Oc1ccc(C#N)cc1)C(=O)NNC(=O)c1ccc(Br)cc1. The number of nitriles is 1. The van der Waals surface area contributed by atoms with E-state index in [4.69, 9.17) is 10.00 Å². The van der Waals surface area contributed by atoms with Crippen LogP contribution in [0.15, 0.2) is 53.0 Å². The van der Waals surface area contributed by atoms with Crippen LogP contribution in [0.3, 0.4) is 0 Å². The van der Waals surface area contributed by atoms with Crippen LogP contribution in [-0.4, -0.2) is 17.9 Å². The molecule has 0 aliphatic rings. The first-order valence-corrected chi connectivity index (χ1v) is 7.81. The van der Waals surface area contributed by atoms with Crippen molar-refractivity contribution in [3.63, 3.8) is 0 Å². The van der Waals surface area contributed by atoms with E-state index in [9.17, 15) is 9.59 Å². The summed E-state index contributed by atoms with van der Waals surface area (Å²) in [6.07, 6.45) is -0.817. The Kier molecular flexibility index (Phi) is 5.93. The Bertz CT molecular complexity index is 767. The molecule has 0 aliphatic heterocycles. The molecule has 0 radical (unpaired) electrons. The summed E-state index contributed by atoms with van der Waals surface area (Å²) >= 11 is 3.28. The van der Waals surface area contributed by atoms with Crippen LogP contribution in [0.4, 0.5) is 0 Å². The Morgan fingerprint density at radius 3 is 2.29 bits per heavy atom. The number of nitrogens with zero attached hydrogens (tertiary/aromatic N) is 1. The molecule has 0 saturated carbocycles. The van der Waals surface area contributed by atoms with Gasteiger partial charge in [-0.25, -0.2) is 0 Å². The number of amides is 2. The van der Waals surface area contributed by atoms with Crippen molar-refractivity contribution in [3.05, 3.63) is 64.1 Å². The summed E-state index contributed by atoms with van der Waals surface area (Å²) in [6, 6.07) is 15.1. The monoisotopic (exact) mass is 387 g/mol. The highest BCUT2D eigenvalue weighted by atomic mass is 79.9. The molecule has 0 fully saturated rings. The summed E-state index contributed by atoms with van der Waals surface area (Å²) in [7, 11) is 0. The smallest absolute Gasteiger partial charge is 0.279 e. The van der Waals surface area contributed by atoms with Crippen LogP contribution in [0.5, 0.6) is 5.75 Å². The predicted octanol–water partition coefficient (Wildman–Crippen LogP) is 2.55. The minimum atomic E-state index is -0.817. The van der Waals surface area contributed by atoms with Crippen LogP contribution >= 0.6 is 15.9 Å². The average Bonchev–Trinajstić information content (AvgIpc) is 2.60. The Balaban J connectivity index is 1.85. The maximum absolute atomic E-state index is 11.9. The first kappa shape index (κ1) is 17.5. The van der Waals surface area contributed by atoms with Gasteiger partial charge in [0.2, 0.25) is 0 Å². The van der Waals surface area contributed by atoms with Gasteiger partial charge in [0, 0.05) is 10.0 Å². The topological polar surface area (TPSA) is 91.2 Å². The van der Waals surface area contributed by atoms with Crippen LogP contribution in [0.2, 0.25) is 0 Å². The van der Waals surface area contributed by atoms with Gasteiger partial charge in [-0.05, 0) is 55.5 Å². The molecule has 0 spiro atoms. The predicted molar refractivity (Wildman–Crippen MR) is 91.0 cm³/mol. The lowest BCUT2D eigenvalue weighted by Crippen LogP contribution is -2.47. The molecule has 1 unspecified atom stereocenters. The number of benzene rings is 2. The van der Waals surface area contributed by atoms with Crippen molar-refractivity contribution in [2.45, 2.75) is 13.0 Å². The zero-order valence-corrected chi connectivity index (χ0v) is 14.3. The Labute approximate surface area is 147 Å².